The first kappa shape index (κ1) is 49.5. The van der Waals surface area contributed by atoms with Crippen LogP contribution in [0.2, 0.25) is 0 Å². The Kier molecular flexibility index (Phi) is 21.0. The number of carbonyl (C=O) groups is 3. The lowest BCUT2D eigenvalue weighted by atomic mass is 9.84. The lowest BCUT2D eigenvalue weighted by molar-refractivity contribution is -0.130. The first-order valence-corrected chi connectivity index (χ1v) is 19.7. The number of aliphatic hydroxyl groups excluding tert-OH is 1. The zero-order valence-corrected chi connectivity index (χ0v) is 36.9. The van der Waals surface area contributed by atoms with Gasteiger partial charge in [-0.1, -0.05) is 96.1 Å². The van der Waals surface area contributed by atoms with Gasteiger partial charge in [-0.3, -0.25) is 14.4 Å². The van der Waals surface area contributed by atoms with Crippen LogP contribution >= 0.6 is 0 Å². The second-order valence-corrected chi connectivity index (χ2v) is 14.7. The van der Waals surface area contributed by atoms with Crippen molar-refractivity contribution in [3.63, 3.8) is 0 Å². The van der Waals surface area contributed by atoms with Crippen molar-refractivity contribution in [1.29, 1.82) is 0 Å². The van der Waals surface area contributed by atoms with E-state index in [4.69, 9.17) is 28.4 Å². The third kappa shape index (κ3) is 14.3. The number of ketones is 3. The summed E-state index contributed by atoms with van der Waals surface area (Å²) in [5, 5.41) is 9.90. The van der Waals surface area contributed by atoms with Crippen LogP contribution < -0.4 is 28.4 Å². The molecular weight excluding hydrogens is 749 g/mol. The second-order valence-electron chi connectivity index (χ2n) is 14.7. The van der Waals surface area contributed by atoms with E-state index in [1.807, 2.05) is 82.3 Å². The van der Waals surface area contributed by atoms with Gasteiger partial charge >= 0.3 is 0 Å². The van der Waals surface area contributed by atoms with Crippen LogP contribution in [-0.2, 0) is 20.8 Å². The molecule has 4 aromatic carbocycles. The van der Waals surface area contributed by atoms with Gasteiger partial charge in [-0.25, -0.2) is 0 Å². The van der Waals surface area contributed by atoms with Crippen LogP contribution in [0, 0.1) is 17.8 Å². The zero-order chi connectivity index (χ0) is 44.2. The van der Waals surface area contributed by atoms with Crippen molar-refractivity contribution >= 4 is 17.3 Å². The topological polar surface area (TPSA) is 127 Å². The highest BCUT2D eigenvalue weighted by molar-refractivity contribution is 5.88. The van der Waals surface area contributed by atoms with Crippen molar-refractivity contribution in [3.05, 3.63) is 120 Å². The van der Waals surface area contributed by atoms with E-state index in [9.17, 15) is 19.5 Å². The summed E-state index contributed by atoms with van der Waals surface area (Å²) >= 11 is 0. The summed E-state index contributed by atoms with van der Waals surface area (Å²) in [5.74, 6) is 3.37. The minimum Gasteiger partial charge on any atom is -0.493 e. The van der Waals surface area contributed by atoms with Gasteiger partial charge in [0.1, 0.15) is 17.7 Å². The Bertz CT molecular complexity index is 1930. The van der Waals surface area contributed by atoms with Crippen LogP contribution in [0.25, 0.3) is 0 Å². The van der Waals surface area contributed by atoms with E-state index >= 15 is 0 Å². The molecule has 10 heteroatoms. The fraction of sp³-hybridized carbons (Fsp3) is 0.408. The van der Waals surface area contributed by atoms with Gasteiger partial charge in [0.25, 0.3) is 0 Å². The highest BCUT2D eigenvalue weighted by atomic mass is 16.5. The number of carbonyl (C=O) groups excluding carboxylic acids is 3. The van der Waals surface area contributed by atoms with Crippen LogP contribution in [0.3, 0.4) is 0 Å². The summed E-state index contributed by atoms with van der Waals surface area (Å²) in [5.41, 5.74) is 3.57. The van der Waals surface area contributed by atoms with E-state index in [2.05, 4.69) is 18.7 Å². The van der Waals surface area contributed by atoms with E-state index in [0.717, 1.165) is 16.7 Å². The van der Waals surface area contributed by atoms with E-state index in [-0.39, 0.29) is 46.9 Å². The molecule has 0 bridgehead atoms. The maximum absolute atomic E-state index is 12.7. The molecule has 0 saturated carbocycles. The minimum absolute atomic E-state index is 0.00181. The van der Waals surface area contributed by atoms with Crippen molar-refractivity contribution in [2.75, 3.05) is 42.7 Å². The van der Waals surface area contributed by atoms with Gasteiger partial charge in [0.2, 0.25) is 0 Å². The molecule has 10 nitrogen and oxygen atoms in total. The van der Waals surface area contributed by atoms with E-state index < -0.39 is 6.10 Å². The number of allylic oxidation sites excluding steroid dienone is 1. The number of hydrogen-bond acceptors (Lipinski definition) is 10. The van der Waals surface area contributed by atoms with E-state index in [0.29, 0.717) is 52.9 Å². The molecule has 0 aromatic heterocycles. The summed E-state index contributed by atoms with van der Waals surface area (Å²) in [6.07, 6.45) is 1.98. The SMILES string of the molecule is C=CCC(C(=O)C(C)C)c1ccc(OC)c(OC)c1.COc1ccc(C(Cc2ccccc2)C(=O)C(C)C)cc1OC.COc1ccc(C(O)C(=O)C(C)C)cc1OC. The fourth-order valence-corrected chi connectivity index (χ4v) is 6.26. The smallest absolute Gasteiger partial charge is 0.168 e. The summed E-state index contributed by atoms with van der Waals surface area (Å²) in [6.45, 7) is 15.0. The van der Waals surface area contributed by atoms with Crippen molar-refractivity contribution in [1.82, 2.24) is 0 Å². The monoisotopic (exact) mass is 812 g/mol. The molecule has 0 fully saturated rings. The molecule has 0 aliphatic rings. The average Bonchev–Trinajstić information content (AvgIpc) is 3.26. The van der Waals surface area contributed by atoms with Crippen molar-refractivity contribution < 1.29 is 47.9 Å². The molecule has 1 N–H and O–H groups in total. The normalized spacial score (nSPS) is 12.1. The molecule has 0 aliphatic heterocycles. The van der Waals surface area contributed by atoms with Gasteiger partial charge in [0.15, 0.2) is 40.3 Å². The van der Waals surface area contributed by atoms with Crippen LogP contribution in [0.15, 0.2) is 97.6 Å². The molecule has 4 aromatic rings. The number of methoxy groups -OCH3 is 6. The molecule has 0 saturated heterocycles. The number of rotatable bonds is 19. The van der Waals surface area contributed by atoms with Crippen LogP contribution in [-0.4, -0.2) is 65.1 Å². The molecule has 320 valence electrons. The number of benzene rings is 4. The van der Waals surface area contributed by atoms with Gasteiger partial charge in [-0.05, 0) is 71.5 Å². The molecule has 0 spiro atoms. The summed E-state index contributed by atoms with van der Waals surface area (Å²) in [7, 11) is 9.45. The van der Waals surface area contributed by atoms with Gasteiger partial charge < -0.3 is 33.5 Å². The van der Waals surface area contributed by atoms with Crippen LogP contribution in [0.1, 0.15) is 88.2 Å². The minimum atomic E-state index is -1.12. The fourth-order valence-electron chi connectivity index (χ4n) is 6.26. The third-order valence-corrected chi connectivity index (χ3v) is 9.69. The molecule has 0 aliphatic carbocycles. The molecule has 0 heterocycles. The maximum Gasteiger partial charge on any atom is 0.168 e. The predicted molar refractivity (Wildman–Crippen MR) is 234 cm³/mol. The van der Waals surface area contributed by atoms with Crippen LogP contribution in [0.5, 0.6) is 34.5 Å². The second kappa shape index (κ2) is 25.0. The maximum atomic E-state index is 12.7. The first-order chi connectivity index (χ1) is 28.1. The van der Waals surface area contributed by atoms with E-state index in [1.54, 1.807) is 66.6 Å². The van der Waals surface area contributed by atoms with E-state index in [1.165, 1.54) is 14.2 Å². The standard InChI is InChI=1S/C20H24O3.C16H22O3.C13H18O4/c1-14(2)20(21)17(12-15-8-6-5-7-9-15)16-10-11-18(22-3)19(13-16)23-4;1-6-7-13(16(17)11(2)3)12-8-9-14(18-4)15(10-12)19-5;1-8(2)12(14)13(15)9-5-6-10(16-3)11(7-9)17-4/h5-11,13-14,17H,12H2,1-4H3;6,8-11,13H,1,7H2,2-5H3;5-8,13,15H,1-4H3. The Balaban J connectivity index is 0.000000309. The Hall–Kier alpha value is -5.61. The average molecular weight is 813 g/mol. The number of ether oxygens (including phenoxy) is 6. The van der Waals surface area contributed by atoms with Gasteiger partial charge in [-0.2, -0.15) is 0 Å². The largest absolute Gasteiger partial charge is 0.493 e. The van der Waals surface area contributed by atoms with Crippen LogP contribution in [0.4, 0.5) is 0 Å². The molecular formula is C49H64O10. The quantitative estimate of drug-likeness (QED) is 0.0915. The Labute approximate surface area is 351 Å². The highest BCUT2D eigenvalue weighted by Crippen LogP contribution is 2.35. The Morgan fingerprint density at radius 3 is 1.24 bits per heavy atom. The molecule has 0 radical (unpaired) electrons. The van der Waals surface area contributed by atoms with Crippen molar-refractivity contribution in [3.8, 4) is 34.5 Å². The summed E-state index contributed by atoms with van der Waals surface area (Å²) in [6, 6.07) is 26.4. The first-order valence-electron chi connectivity index (χ1n) is 19.7. The van der Waals surface area contributed by atoms with Crippen molar-refractivity contribution in [2.45, 2.75) is 72.3 Å². The predicted octanol–water partition coefficient (Wildman–Crippen LogP) is 9.81. The van der Waals surface area contributed by atoms with Crippen molar-refractivity contribution in [2.24, 2.45) is 17.8 Å². The Morgan fingerprint density at radius 1 is 0.508 bits per heavy atom. The number of hydrogen-bond donors (Lipinski definition) is 1. The molecule has 3 atom stereocenters. The molecule has 3 unspecified atom stereocenters. The van der Waals surface area contributed by atoms with Gasteiger partial charge in [0, 0.05) is 29.6 Å². The lowest BCUT2D eigenvalue weighted by Crippen LogP contribution is -2.20. The highest BCUT2D eigenvalue weighted by Gasteiger charge is 2.26. The Morgan fingerprint density at radius 2 is 0.864 bits per heavy atom. The zero-order valence-electron chi connectivity index (χ0n) is 36.9. The number of aliphatic hydroxyl groups is 1. The number of Topliss-reactive ketones (excluding diaryl/α,β-unsaturated/α-hetero) is 3. The van der Waals surface area contributed by atoms with Gasteiger partial charge in [-0.15, -0.1) is 6.58 Å². The molecule has 4 rings (SSSR count). The van der Waals surface area contributed by atoms with Gasteiger partial charge in [0.05, 0.1) is 42.7 Å². The lowest BCUT2D eigenvalue weighted by Gasteiger charge is -2.20. The summed E-state index contributed by atoms with van der Waals surface area (Å²) in [4.78, 5) is 36.7. The summed E-state index contributed by atoms with van der Waals surface area (Å²) < 4.78 is 31.4. The molecule has 59 heavy (non-hydrogen) atoms. The third-order valence-electron chi connectivity index (χ3n) is 9.69. The molecule has 0 amide bonds.